The highest BCUT2D eigenvalue weighted by Crippen LogP contribution is 2.32. The fraction of sp³-hybridized carbons (Fsp3) is 1.00. The van der Waals surface area contributed by atoms with Crippen molar-refractivity contribution in [3.63, 3.8) is 0 Å². The lowest BCUT2D eigenvalue weighted by atomic mass is 9.90. The molecule has 2 heteroatoms. The van der Waals surface area contributed by atoms with Crippen molar-refractivity contribution in [2.45, 2.75) is 51.1 Å². The summed E-state index contributed by atoms with van der Waals surface area (Å²) >= 11 is 0. The summed E-state index contributed by atoms with van der Waals surface area (Å²) in [5.74, 6) is 0.951. The van der Waals surface area contributed by atoms with E-state index in [0.717, 1.165) is 18.0 Å². The first-order chi connectivity index (χ1) is 6.83. The minimum absolute atomic E-state index is 0.751. The zero-order chi connectivity index (χ0) is 9.97. The number of nitrogens with zero attached hydrogens (tertiary/aromatic N) is 1. The first-order valence-electron chi connectivity index (χ1n) is 6.24. The number of hydrogen-bond donors (Lipinski definition) is 1. The zero-order valence-electron chi connectivity index (χ0n) is 9.63. The van der Waals surface area contributed by atoms with Gasteiger partial charge in [-0.05, 0) is 38.6 Å². The fourth-order valence-corrected chi connectivity index (χ4v) is 2.81. The van der Waals surface area contributed by atoms with Gasteiger partial charge in [-0.15, -0.1) is 0 Å². The molecule has 2 fully saturated rings. The van der Waals surface area contributed by atoms with Crippen LogP contribution in [0.3, 0.4) is 0 Å². The topological polar surface area (TPSA) is 15.3 Å². The summed E-state index contributed by atoms with van der Waals surface area (Å²) in [6, 6.07) is 1.70. The van der Waals surface area contributed by atoms with Gasteiger partial charge in [0.25, 0.3) is 0 Å². The molecule has 2 unspecified atom stereocenters. The Kier molecular flexibility index (Phi) is 3.45. The third kappa shape index (κ3) is 2.48. The first-order valence-corrected chi connectivity index (χ1v) is 6.24. The smallest absolute Gasteiger partial charge is 0.0195 e. The van der Waals surface area contributed by atoms with E-state index in [-0.39, 0.29) is 0 Å². The van der Waals surface area contributed by atoms with Crippen LogP contribution in [-0.4, -0.2) is 37.1 Å². The molecule has 1 aliphatic heterocycles. The van der Waals surface area contributed by atoms with Crippen LogP contribution in [0.4, 0.5) is 0 Å². The lowest BCUT2D eigenvalue weighted by Crippen LogP contribution is -2.49. The fourth-order valence-electron chi connectivity index (χ4n) is 2.81. The summed E-state index contributed by atoms with van der Waals surface area (Å²) < 4.78 is 0. The molecular formula is C12H24N2. The van der Waals surface area contributed by atoms with E-state index in [1.807, 2.05) is 0 Å². The van der Waals surface area contributed by atoms with Crippen LogP contribution in [0.25, 0.3) is 0 Å². The summed E-state index contributed by atoms with van der Waals surface area (Å²) in [6.07, 6.45) is 7.07. The van der Waals surface area contributed by atoms with Crippen LogP contribution in [0.2, 0.25) is 0 Å². The second kappa shape index (κ2) is 4.63. The molecule has 2 aliphatic rings. The molecule has 1 N–H and O–H groups in total. The largest absolute Gasteiger partial charge is 0.316 e. The zero-order valence-corrected chi connectivity index (χ0v) is 9.63. The third-order valence-electron chi connectivity index (χ3n) is 3.73. The van der Waals surface area contributed by atoms with Crippen LogP contribution in [0.1, 0.15) is 39.0 Å². The maximum atomic E-state index is 3.46. The molecule has 1 heterocycles. The predicted molar refractivity (Wildman–Crippen MR) is 60.5 cm³/mol. The number of likely N-dealkylation sites (tertiary alicyclic amines) is 1. The Morgan fingerprint density at radius 2 is 2.07 bits per heavy atom. The molecular weight excluding hydrogens is 172 g/mol. The van der Waals surface area contributed by atoms with Crippen LogP contribution in [0.5, 0.6) is 0 Å². The molecule has 0 bridgehead atoms. The predicted octanol–water partition coefficient (Wildman–Crippen LogP) is 1.86. The van der Waals surface area contributed by atoms with Crippen LogP contribution in [0.15, 0.2) is 0 Å². The van der Waals surface area contributed by atoms with Gasteiger partial charge >= 0.3 is 0 Å². The normalized spacial score (nSPS) is 34.7. The Bertz CT molecular complexity index is 177. The van der Waals surface area contributed by atoms with Crippen LogP contribution in [0, 0.1) is 5.92 Å². The van der Waals surface area contributed by atoms with Gasteiger partial charge < -0.3 is 5.32 Å². The average molecular weight is 196 g/mol. The summed E-state index contributed by atoms with van der Waals surface area (Å²) in [4.78, 5) is 2.73. The third-order valence-corrected chi connectivity index (χ3v) is 3.73. The molecule has 1 saturated carbocycles. The maximum Gasteiger partial charge on any atom is 0.0195 e. The highest BCUT2D eigenvalue weighted by molar-refractivity contribution is 4.91. The number of rotatable bonds is 4. The second-order valence-electron chi connectivity index (χ2n) is 5.06. The SMILES string of the molecule is CCCC1CC(NC)CN(C2CC2)C1. The molecule has 0 aromatic heterocycles. The Balaban J connectivity index is 1.87. The van der Waals surface area contributed by atoms with Crippen molar-refractivity contribution in [3.05, 3.63) is 0 Å². The van der Waals surface area contributed by atoms with Gasteiger partial charge in [-0.1, -0.05) is 13.3 Å². The van der Waals surface area contributed by atoms with Gasteiger partial charge in [0.1, 0.15) is 0 Å². The van der Waals surface area contributed by atoms with Gasteiger partial charge in [-0.3, -0.25) is 4.90 Å². The van der Waals surface area contributed by atoms with Gasteiger partial charge in [0, 0.05) is 25.2 Å². The van der Waals surface area contributed by atoms with E-state index in [0.29, 0.717) is 0 Å². The van der Waals surface area contributed by atoms with Crippen molar-refractivity contribution < 1.29 is 0 Å². The summed E-state index contributed by atoms with van der Waals surface area (Å²) in [5.41, 5.74) is 0. The molecule has 2 rings (SSSR count). The van der Waals surface area contributed by atoms with E-state index in [9.17, 15) is 0 Å². The van der Waals surface area contributed by atoms with E-state index < -0.39 is 0 Å². The Morgan fingerprint density at radius 1 is 1.29 bits per heavy atom. The quantitative estimate of drug-likeness (QED) is 0.738. The van der Waals surface area contributed by atoms with Crippen molar-refractivity contribution in [2.24, 2.45) is 5.92 Å². The Labute approximate surface area is 88.1 Å². The molecule has 0 aromatic carbocycles. The van der Waals surface area contributed by atoms with Gasteiger partial charge in [0.2, 0.25) is 0 Å². The molecule has 0 amide bonds. The monoisotopic (exact) mass is 196 g/mol. The standard InChI is InChI=1S/C12H24N2/c1-3-4-10-7-11(13-2)9-14(8-10)12-5-6-12/h10-13H,3-9H2,1-2H3. The first kappa shape index (κ1) is 10.4. The van der Waals surface area contributed by atoms with Crippen molar-refractivity contribution in [3.8, 4) is 0 Å². The lowest BCUT2D eigenvalue weighted by molar-refractivity contribution is 0.131. The van der Waals surface area contributed by atoms with Crippen molar-refractivity contribution in [1.82, 2.24) is 10.2 Å². The minimum atomic E-state index is 0.751. The van der Waals surface area contributed by atoms with Crippen LogP contribution < -0.4 is 5.32 Å². The molecule has 0 aromatic rings. The van der Waals surface area contributed by atoms with Crippen molar-refractivity contribution in [1.29, 1.82) is 0 Å². The molecule has 0 radical (unpaired) electrons. The Hall–Kier alpha value is -0.0800. The van der Waals surface area contributed by atoms with Crippen molar-refractivity contribution >= 4 is 0 Å². The van der Waals surface area contributed by atoms with Crippen LogP contribution in [-0.2, 0) is 0 Å². The molecule has 2 nitrogen and oxygen atoms in total. The number of hydrogen-bond acceptors (Lipinski definition) is 2. The number of nitrogens with one attached hydrogen (secondary N) is 1. The molecule has 82 valence electrons. The Morgan fingerprint density at radius 3 is 2.64 bits per heavy atom. The average Bonchev–Trinajstić information content (AvgIpc) is 3.01. The van der Waals surface area contributed by atoms with Gasteiger partial charge in [-0.25, -0.2) is 0 Å². The summed E-state index contributed by atoms with van der Waals surface area (Å²) in [7, 11) is 2.12. The van der Waals surface area contributed by atoms with Gasteiger partial charge in [0.15, 0.2) is 0 Å². The van der Waals surface area contributed by atoms with Crippen LogP contribution >= 0.6 is 0 Å². The van der Waals surface area contributed by atoms with Gasteiger partial charge in [0.05, 0.1) is 0 Å². The highest BCUT2D eigenvalue weighted by Gasteiger charge is 2.35. The van der Waals surface area contributed by atoms with E-state index in [1.54, 1.807) is 0 Å². The molecule has 1 saturated heterocycles. The van der Waals surface area contributed by atoms with Gasteiger partial charge in [-0.2, -0.15) is 0 Å². The highest BCUT2D eigenvalue weighted by atomic mass is 15.2. The molecule has 2 atom stereocenters. The molecule has 14 heavy (non-hydrogen) atoms. The summed E-state index contributed by atoms with van der Waals surface area (Å²) in [5, 5.41) is 3.46. The second-order valence-corrected chi connectivity index (χ2v) is 5.06. The lowest BCUT2D eigenvalue weighted by Gasteiger charge is -2.38. The van der Waals surface area contributed by atoms with E-state index >= 15 is 0 Å². The van der Waals surface area contributed by atoms with E-state index in [4.69, 9.17) is 0 Å². The molecule has 1 aliphatic carbocycles. The summed E-state index contributed by atoms with van der Waals surface area (Å²) in [6.45, 7) is 4.97. The molecule has 0 spiro atoms. The number of piperidine rings is 1. The van der Waals surface area contributed by atoms with E-state index in [1.165, 1.54) is 45.2 Å². The van der Waals surface area contributed by atoms with E-state index in [2.05, 4.69) is 24.2 Å². The number of likely N-dealkylation sites (N-methyl/N-ethyl adjacent to an activating group) is 1. The van der Waals surface area contributed by atoms with Crippen molar-refractivity contribution in [2.75, 3.05) is 20.1 Å². The maximum absolute atomic E-state index is 3.46. The minimum Gasteiger partial charge on any atom is -0.316 e.